The van der Waals surface area contributed by atoms with Crippen molar-refractivity contribution in [2.45, 2.75) is 11.8 Å². The predicted molar refractivity (Wildman–Crippen MR) is 84.0 cm³/mol. The summed E-state index contributed by atoms with van der Waals surface area (Å²) in [5, 5.41) is 9.07. The van der Waals surface area contributed by atoms with Gasteiger partial charge in [-0.3, -0.25) is 0 Å². The third-order valence-electron chi connectivity index (χ3n) is 3.40. The van der Waals surface area contributed by atoms with E-state index in [-0.39, 0.29) is 27.6 Å². The quantitative estimate of drug-likeness (QED) is 0.848. The lowest BCUT2D eigenvalue weighted by atomic mass is 10.2. The molecule has 0 aliphatic rings. The van der Waals surface area contributed by atoms with Crippen molar-refractivity contribution in [3.63, 3.8) is 0 Å². The lowest BCUT2D eigenvalue weighted by molar-refractivity contribution is 0.0593. The number of esters is 1. The van der Waals surface area contributed by atoms with Gasteiger partial charge in [-0.15, -0.1) is 0 Å². The van der Waals surface area contributed by atoms with E-state index in [1.54, 1.807) is 6.92 Å². The molecule has 0 saturated carbocycles. The smallest absolute Gasteiger partial charge is 0.357 e. The zero-order valence-electron chi connectivity index (χ0n) is 12.6. The van der Waals surface area contributed by atoms with E-state index in [4.69, 9.17) is 11.0 Å². The maximum absolute atomic E-state index is 11.9. The van der Waals surface area contributed by atoms with Crippen LogP contribution in [0.15, 0.2) is 35.4 Å². The van der Waals surface area contributed by atoms with Gasteiger partial charge < -0.3 is 15.0 Å². The Kier molecular flexibility index (Phi) is 4.43. The first kappa shape index (κ1) is 16.6. The molecule has 7 nitrogen and oxygen atoms in total. The van der Waals surface area contributed by atoms with Crippen LogP contribution in [0, 0.1) is 11.3 Å². The minimum Gasteiger partial charge on any atom is -0.464 e. The Hall–Kier alpha value is -2.79. The summed E-state index contributed by atoms with van der Waals surface area (Å²) >= 11 is 0. The SMILES string of the molecule is CCS(=O)(=O)c1ccc(-n2cc(C#N)c(N)c2C(=O)OC)cc1. The van der Waals surface area contributed by atoms with E-state index in [9.17, 15) is 13.2 Å². The van der Waals surface area contributed by atoms with Gasteiger partial charge in [-0.2, -0.15) is 5.26 Å². The number of hydrogen-bond donors (Lipinski definition) is 1. The lowest BCUT2D eigenvalue weighted by Crippen LogP contribution is -2.11. The molecule has 0 bridgehead atoms. The van der Waals surface area contributed by atoms with E-state index >= 15 is 0 Å². The molecule has 2 N–H and O–H groups in total. The standard InChI is InChI=1S/C15H15N3O4S/c1-3-23(20,21)12-6-4-11(5-7-12)18-9-10(8-16)13(17)14(18)15(19)22-2/h4-7,9H,3,17H2,1-2H3. The molecule has 0 fully saturated rings. The van der Waals surface area contributed by atoms with Crippen molar-refractivity contribution in [1.82, 2.24) is 4.57 Å². The number of anilines is 1. The Bertz CT molecular complexity index is 890. The largest absolute Gasteiger partial charge is 0.464 e. The zero-order chi connectivity index (χ0) is 17.2. The number of nitrogens with two attached hydrogens (primary N) is 1. The van der Waals surface area contributed by atoms with Crippen molar-refractivity contribution in [3.8, 4) is 11.8 Å². The van der Waals surface area contributed by atoms with Crippen molar-refractivity contribution in [3.05, 3.63) is 41.7 Å². The van der Waals surface area contributed by atoms with Crippen molar-refractivity contribution < 1.29 is 17.9 Å². The van der Waals surface area contributed by atoms with Gasteiger partial charge in [0.1, 0.15) is 6.07 Å². The van der Waals surface area contributed by atoms with E-state index in [2.05, 4.69) is 4.74 Å². The van der Waals surface area contributed by atoms with E-state index in [1.165, 1.54) is 42.1 Å². The lowest BCUT2D eigenvalue weighted by Gasteiger charge is -2.09. The van der Waals surface area contributed by atoms with Gasteiger partial charge in [0, 0.05) is 11.9 Å². The van der Waals surface area contributed by atoms with Crippen LogP contribution >= 0.6 is 0 Å². The Balaban J connectivity index is 2.59. The molecule has 2 aromatic rings. The fraction of sp³-hybridized carbons (Fsp3) is 0.200. The topological polar surface area (TPSA) is 115 Å². The number of benzene rings is 1. The molecule has 1 aromatic heterocycles. The number of carbonyl (C=O) groups excluding carboxylic acids is 1. The molecule has 8 heteroatoms. The number of ether oxygens (including phenoxy) is 1. The number of methoxy groups -OCH3 is 1. The maximum Gasteiger partial charge on any atom is 0.357 e. The summed E-state index contributed by atoms with van der Waals surface area (Å²) < 4.78 is 29.8. The fourth-order valence-corrected chi connectivity index (χ4v) is 2.98. The van der Waals surface area contributed by atoms with Crippen molar-refractivity contribution in [1.29, 1.82) is 5.26 Å². The van der Waals surface area contributed by atoms with E-state index < -0.39 is 15.8 Å². The Morgan fingerprint density at radius 2 is 1.96 bits per heavy atom. The molecular formula is C15H15N3O4S. The third kappa shape index (κ3) is 2.91. The Morgan fingerprint density at radius 1 is 1.35 bits per heavy atom. The van der Waals surface area contributed by atoms with Crippen molar-refractivity contribution in [2.75, 3.05) is 18.6 Å². The minimum atomic E-state index is -3.31. The molecule has 0 aliphatic heterocycles. The number of carbonyl (C=O) groups is 1. The van der Waals surface area contributed by atoms with Gasteiger partial charge in [-0.1, -0.05) is 6.92 Å². The van der Waals surface area contributed by atoms with E-state index in [0.717, 1.165) is 0 Å². The van der Waals surface area contributed by atoms with Crippen LogP contribution in [0.25, 0.3) is 5.69 Å². The molecular weight excluding hydrogens is 318 g/mol. The van der Waals surface area contributed by atoms with Crippen LogP contribution in [0.1, 0.15) is 23.0 Å². The second-order valence-electron chi connectivity index (χ2n) is 4.68. The predicted octanol–water partition coefficient (Wildman–Crippen LogP) is 1.51. The van der Waals surface area contributed by atoms with Crippen LogP contribution in [0.3, 0.4) is 0 Å². The van der Waals surface area contributed by atoms with E-state index in [1.807, 2.05) is 6.07 Å². The number of hydrogen-bond acceptors (Lipinski definition) is 6. The first-order chi connectivity index (χ1) is 10.9. The monoisotopic (exact) mass is 333 g/mol. The molecule has 0 spiro atoms. The highest BCUT2D eigenvalue weighted by molar-refractivity contribution is 7.91. The normalized spacial score (nSPS) is 11.0. The Labute approximate surface area is 133 Å². The molecule has 120 valence electrons. The van der Waals surface area contributed by atoms with Crippen LogP contribution in [-0.4, -0.2) is 31.8 Å². The van der Waals surface area contributed by atoms with E-state index in [0.29, 0.717) is 5.69 Å². The third-order valence-corrected chi connectivity index (χ3v) is 5.15. The summed E-state index contributed by atoms with van der Waals surface area (Å²) in [7, 11) is -2.10. The van der Waals surface area contributed by atoms with Gasteiger partial charge in [-0.25, -0.2) is 13.2 Å². The number of nitriles is 1. The molecule has 0 atom stereocenters. The highest BCUT2D eigenvalue weighted by atomic mass is 32.2. The average molecular weight is 333 g/mol. The number of nitrogen functional groups attached to an aromatic ring is 1. The van der Waals surface area contributed by atoms with Gasteiger partial charge in [0.15, 0.2) is 15.5 Å². The van der Waals surface area contributed by atoms with Crippen LogP contribution in [0.2, 0.25) is 0 Å². The number of aromatic nitrogens is 1. The molecule has 1 heterocycles. The summed E-state index contributed by atoms with van der Waals surface area (Å²) in [6.07, 6.45) is 1.41. The molecule has 23 heavy (non-hydrogen) atoms. The van der Waals surface area contributed by atoms with Crippen LogP contribution in [0.5, 0.6) is 0 Å². The van der Waals surface area contributed by atoms with Crippen LogP contribution in [0.4, 0.5) is 5.69 Å². The number of rotatable bonds is 4. The summed E-state index contributed by atoms with van der Waals surface area (Å²) in [5.74, 6) is -0.691. The first-order valence-corrected chi connectivity index (χ1v) is 8.33. The second-order valence-corrected chi connectivity index (χ2v) is 6.95. The van der Waals surface area contributed by atoms with Gasteiger partial charge in [0.25, 0.3) is 0 Å². The molecule has 0 radical (unpaired) electrons. The summed E-state index contributed by atoms with van der Waals surface area (Å²) in [5.41, 5.74) is 6.48. The maximum atomic E-state index is 11.9. The summed E-state index contributed by atoms with van der Waals surface area (Å²) in [6.45, 7) is 1.56. The average Bonchev–Trinajstić information content (AvgIpc) is 2.90. The number of nitrogens with zero attached hydrogens (tertiary/aromatic N) is 2. The molecule has 1 aromatic carbocycles. The van der Waals surface area contributed by atoms with Crippen molar-refractivity contribution >= 4 is 21.5 Å². The first-order valence-electron chi connectivity index (χ1n) is 6.68. The zero-order valence-corrected chi connectivity index (χ0v) is 13.4. The highest BCUT2D eigenvalue weighted by Gasteiger charge is 2.22. The molecule has 0 saturated heterocycles. The van der Waals surface area contributed by atoms with Crippen molar-refractivity contribution in [2.24, 2.45) is 0 Å². The molecule has 0 aliphatic carbocycles. The second kappa shape index (κ2) is 6.14. The van der Waals surface area contributed by atoms with Gasteiger partial charge in [0.05, 0.1) is 29.0 Å². The summed E-state index contributed by atoms with van der Waals surface area (Å²) in [4.78, 5) is 12.1. The molecule has 2 rings (SSSR count). The fourth-order valence-electron chi connectivity index (χ4n) is 2.10. The molecule has 0 unspecified atom stereocenters. The summed E-state index contributed by atoms with van der Waals surface area (Å²) in [6, 6.07) is 7.86. The van der Waals surface area contributed by atoms with Gasteiger partial charge in [-0.05, 0) is 24.3 Å². The van der Waals surface area contributed by atoms with Gasteiger partial charge in [0.2, 0.25) is 0 Å². The van der Waals surface area contributed by atoms with Gasteiger partial charge >= 0.3 is 5.97 Å². The Morgan fingerprint density at radius 3 is 2.43 bits per heavy atom. The minimum absolute atomic E-state index is 0.00515. The highest BCUT2D eigenvalue weighted by Crippen LogP contribution is 2.25. The van der Waals surface area contributed by atoms with Crippen LogP contribution < -0.4 is 5.73 Å². The number of sulfone groups is 1. The molecule has 0 amide bonds. The van der Waals surface area contributed by atoms with Crippen LogP contribution in [-0.2, 0) is 14.6 Å².